The van der Waals surface area contributed by atoms with Gasteiger partial charge in [-0.25, -0.2) is 14.1 Å². The van der Waals surface area contributed by atoms with Crippen molar-refractivity contribution >= 4 is 11.9 Å². The highest BCUT2D eigenvalue weighted by molar-refractivity contribution is 6.08. The SMILES string of the molecule is C=C(F)/C=C\C(=C/N)N1C(=O)N[C@](C)(CC)C1=O. The van der Waals surface area contributed by atoms with Gasteiger partial charge in [0.1, 0.15) is 11.4 Å². The fourth-order valence-electron chi connectivity index (χ4n) is 1.54. The molecule has 0 spiro atoms. The number of hydrogen-bond acceptors (Lipinski definition) is 3. The number of nitrogens with one attached hydrogen (secondary N) is 1. The van der Waals surface area contributed by atoms with Crippen molar-refractivity contribution in [1.82, 2.24) is 10.2 Å². The molecule has 1 aliphatic rings. The van der Waals surface area contributed by atoms with Crippen LogP contribution in [0.15, 0.2) is 36.5 Å². The van der Waals surface area contributed by atoms with Gasteiger partial charge in [0.2, 0.25) is 0 Å². The van der Waals surface area contributed by atoms with Crippen LogP contribution in [0.1, 0.15) is 20.3 Å². The Kier molecular flexibility index (Phi) is 3.90. The van der Waals surface area contributed by atoms with E-state index < -0.39 is 23.3 Å². The molecular weight excluding hydrogens is 237 g/mol. The molecule has 3 N–H and O–H groups in total. The molecule has 18 heavy (non-hydrogen) atoms. The quantitative estimate of drug-likeness (QED) is 0.589. The van der Waals surface area contributed by atoms with Crippen molar-refractivity contribution in [2.24, 2.45) is 5.73 Å². The molecule has 0 aromatic heterocycles. The number of nitrogens with zero attached hydrogens (tertiary/aromatic N) is 1. The number of halogens is 1. The van der Waals surface area contributed by atoms with Crippen molar-refractivity contribution in [2.45, 2.75) is 25.8 Å². The molecule has 6 heteroatoms. The lowest BCUT2D eigenvalue weighted by Gasteiger charge is -2.19. The van der Waals surface area contributed by atoms with Crippen molar-refractivity contribution in [3.8, 4) is 0 Å². The summed E-state index contributed by atoms with van der Waals surface area (Å²) in [5.41, 5.74) is 4.51. The minimum absolute atomic E-state index is 0.105. The van der Waals surface area contributed by atoms with Crippen LogP contribution < -0.4 is 11.1 Å². The van der Waals surface area contributed by atoms with E-state index in [-0.39, 0.29) is 5.70 Å². The van der Waals surface area contributed by atoms with E-state index in [1.54, 1.807) is 13.8 Å². The normalized spacial score (nSPS) is 24.8. The molecule has 3 amide bonds. The lowest BCUT2D eigenvalue weighted by molar-refractivity contribution is -0.129. The van der Waals surface area contributed by atoms with Gasteiger partial charge in [0, 0.05) is 6.20 Å². The number of allylic oxidation sites excluding steroid dienone is 3. The largest absolute Gasteiger partial charge is 0.403 e. The molecule has 5 nitrogen and oxygen atoms in total. The average molecular weight is 253 g/mol. The van der Waals surface area contributed by atoms with Gasteiger partial charge in [-0.3, -0.25) is 4.79 Å². The third kappa shape index (κ3) is 2.42. The van der Waals surface area contributed by atoms with Gasteiger partial charge in [0.05, 0.1) is 5.70 Å². The summed E-state index contributed by atoms with van der Waals surface area (Å²) in [6.45, 7) is 6.45. The average Bonchev–Trinajstić information content (AvgIpc) is 2.53. The van der Waals surface area contributed by atoms with E-state index in [0.29, 0.717) is 6.42 Å². The minimum Gasteiger partial charge on any atom is -0.403 e. The first-order valence-corrected chi connectivity index (χ1v) is 5.46. The van der Waals surface area contributed by atoms with Crippen LogP contribution in [-0.2, 0) is 4.79 Å². The lowest BCUT2D eigenvalue weighted by atomic mass is 9.99. The number of nitrogens with two attached hydrogens (primary N) is 1. The molecule has 0 aromatic carbocycles. The Morgan fingerprint density at radius 3 is 2.56 bits per heavy atom. The number of rotatable bonds is 4. The molecule has 1 atom stereocenters. The molecule has 0 unspecified atom stereocenters. The Balaban J connectivity index is 3.06. The number of imide groups is 1. The summed E-state index contributed by atoms with van der Waals surface area (Å²) < 4.78 is 12.5. The molecule has 1 rings (SSSR count). The van der Waals surface area contributed by atoms with Crippen molar-refractivity contribution in [3.63, 3.8) is 0 Å². The molecular formula is C12H16FN3O2. The summed E-state index contributed by atoms with van der Waals surface area (Å²) in [6, 6.07) is -0.574. The predicted octanol–water partition coefficient (Wildman–Crippen LogP) is 1.55. The minimum atomic E-state index is -0.952. The zero-order valence-corrected chi connectivity index (χ0v) is 10.4. The second kappa shape index (κ2) is 5.03. The number of amides is 3. The Labute approximate surface area is 105 Å². The molecule has 1 aliphatic heterocycles. The third-order valence-corrected chi connectivity index (χ3v) is 2.83. The number of carbonyl (C=O) groups is 2. The maximum Gasteiger partial charge on any atom is 0.329 e. The van der Waals surface area contributed by atoms with Crippen LogP contribution in [0.5, 0.6) is 0 Å². The summed E-state index contributed by atoms with van der Waals surface area (Å²) in [6.07, 6.45) is 3.77. The van der Waals surface area contributed by atoms with Crippen LogP contribution in [0.3, 0.4) is 0 Å². The number of carbonyl (C=O) groups excluding carboxylic acids is 2. The summed E-state index contributed by atoms with van der Waals surface area (Å²) in [7, 11) is 0. The predicted molar refractivity (Wildman–Crippen MR) is 65.7 cm³/mol. The van der Waals surface area contributed by atoms with E-state index in [1.807, 2.05) is 0 Å². The van der Waals surface area contributed by atoms with Crippen molar-refractivity contribution in [1.29, 1.82) is 0 Å². The first-order chi connectivity index (χ1) is 8.35. The van der Waals surface area contributed by atoms with Crippen molar-refractivity contribution in [3.05, 3.63) is 36.5 Å². The van der Waals surface area contributed by atoms with Crippen LogP contribution in [0.4, 0.5) is 9.18 Å². The van der Waals surface area contributed by atoms with Crippen molar-refractivity contribution in [2.75, 3.05) is 0 Å². The van der Waals surface area contributed by atoms with Crippen LogP contribution in [-0.4, -0.2) is 22.4 Å². The molecule has 0 aliphatic carbocycles. The topological polar surface area (TPSA) is 75.4 Å². The second-order valence-corrected chi connectivity index (χ2v) is 4.13. The standard InChI is InChI=1S/C12H16FN3O2/c1-4-12(3)10(17)16(11(18)15-12)9(7-14)6-5-8(2)13/h5-7H,2,4,14H2,1,3H3,(H,15,18)/b6-5-,9-7+/t12-/m1/s1. The molecule has 1 saturated heterocycles. The highest BCUT2D eigenvalue weighted by Gasteiger charge is 2.47. The van der Waals surface area contributed by atoms with Crippen molar-refractivity contribution < 1.29 is 14.0 Å². The zero-order valence-electron chi connectivity index (χ0n) is 10.4. The first-order valence-electron chi connectivity index (χ1n) is 5.46. The summed E-state index contributed by atoms with van der Waals surface area (Å²) in [5.74, 6) is -1.11. The Morgan fingerprint density at radius 1 is 1.56 bits per heavy atom. The molecule has 0 aromatic rings. The van der Waals surface area contributed by atoms with E-state index >= 15 is 0 Å². The van der Waals surface area contributed by atoms with Gasteiger partial charge >= 0.3 is 6.03 Å². The number of hydrogen-bond donors (Lipinski definition) is 2. The summed E-state index contributed by atoms with van der Waals surface area (Å²) in [4.78, 5) is 24.8. The Bertz CT molecular complexity index is 456. The van der Waals surface area contributed by atoms with Gasteiger partial charge in [-0.05, 0) is 25.5 Å². The molecule has 0 saturated carbocycles. The fraction of sp³-hybridized carbons (Fsp3) is 0.333. The van der Waals surface area contributed by atoms with E-state index in [1.165, 1.54) is 6.08 Å². The molecule has 98 valence electrons. The maximum absolute atomic E-state index is 12.5. The molecule has 1 heterocycles. The van der Waals surface area contributed by atoms with Gasteiger partial charge in [-0.1, -0.05) is 13.5 Å². The maximum atomic E-state index is 12.5. The van der Waals surface area contributed by atoms with Crippen LogP contribution in [0.2, 0.25) is 0 Å². The van der Waals surface area contributed by atoms with E-state index in [0.717, 1.165) is 17.2 Å². The third-order valence-electron chi connectivity index (χ3n) is 2.83. The Hall–Kier alpha value is -2.11. The zero-order chi connectivity index (χ0) is 13.9. The molecule has 1 fully saturated rings. The van der Waals surface area contributed by atoms with E-state index in [9.17, 15) is 14.0 Å². The summed E-state index contributed by atoms with van der Waals surface area (Å²) >= 11 is 0. The van der Waals surface area contributed by atoms with Gasteiger partial charge < -0.3 is 11.1 Å². The van der Waals surface area contributed by atoms with Gasteiger partial charge in [-0.2, -0.15) is 0 Å². The molecule has 0 radical (unpaired) electrons. The van der Waals surface area contributed by atoms with E-state index in [2.05, 4.69) is 11.9 Å². The fourth-order valence-corrected chi connectivity index (χ4v) is 1.54. The van der Waals surface area contributed by atoms with Gasteiger partial charge in [0.15, 0.2) is 0 Å². The first kappa shape index (κ1) is 14.0. The number of urea groups is 1. The van der Waals surface area contributed by atoms with Crippen LogP contribution in [0.25, 0.3) is 0 Å². The monoisotopic (exact) mass is 253 g/mol. The summed E-state index contributed by atoms with van der Waals surface area (Å²) in [5, 5.41) is 2.57. The smallest absolute Gasteiger partial charge is 0.329 e. The highest BCUT2D eigenvalue weighted by atomic mass is 19.1. The highest BCUT2D eigenvalue weighted by Crippen LogP contribution is 2.24. The van der Waals surface area contributed by atoms with Gasteiger partial charge in [-0.15, -0.1) is 0 Å². The second-order valence-electron chi connectivity index (χ2n) is 4.13. The lowest BCUT2D eigenvalue weighted by Crippen LogP contribution is -2.43. The Morgan fingerprint density at radius 2 is 2.17 bits per heavy atom. The molecule has 0 bridgehead atoms. The van der Waals surface area contributed by atoms with Gasteiger partial charge in [0.25, 0.3) is 5.91 Å². The van der Waals surface area contributed by atoms with Crippen LogP contribution in [0, 0.1) is 0 Å². The van der Waals surface area contributed by atoms with E-state index in [4.69, 9.17) is 5.73 Å². The van der Waals surface area contributed by atoms with Crippen LogP contribution >= 0.6 is 0 Å².